The molecular formula is C22H29N3O4S. The average molecular weight is 432 g/mol. The Hall–Kier alpha value is -2.71. The van der Waals surface area contributed by atoms with Gasteiger partial charge < -0.3 is 10.2 Å². The predicted molar refractivity (Wildman–Crippen MR) is 118 cm³/mol. The number of para-hydroxylation sites is 1. The molecule has 0 aliphatic rings. The number of anilines is 1. The van der Waals surface area contributed by atoms with E-state index in [0.717, 1.165) is 15.4 Å². The summed E-state index contributed by atoms with van der Waals surface area (Å²) in [6.45, 7) is 8.36. The highest BCUT2D eigenvalue weighted by Crippen LogP contribution is 2.20. The molecule has 0 radical (unpaired) electrons. The molecule has 2 rings (SSSR count). The molecule has 0 unspecified atom stereocenters. The van der Waals surface area contributed by atoms with Crippen LogP contribution in [-0.4, -0.2) is 56.1 Å². The highest BCUT2D eigenvalue weighted by Gasteiger charge is 2.24. The molecule has 2 aromatic rings. The maximum Gasteiger partial charge on any atom is 0.253 e. The lowest BCUT2D eigenvalue weighted by molar-refractivity contribution is -0.116. The number of likely N-dealkylation sites (N-methyl/N-ethyl adjacent to an activating group) is 1. The van der Waals surface area contributed by atoms with Crippen molar-refractivity contribution in [3.63, 3.8) is 0 Å². The third-order valence-corrected chi connectivity index (χ3v) is 6.79. The van der Waals surface area contributed by atoms with Crippen LogP contribution in [0.1, 0.15) is 35.3 Å². The normalized spacial score (nSPS) is 11.4. The van der Waals surface area contributed by atoms with Crippen molar-refractivity contribution < 1.29 is 18.0 Å². The Morgan fingerprint density at radius 2 is 1.47 bits per heavy atom. The fourth-order valence-corrected chi connectivity index (χ4v) is 4.25. The van der Waals surface area contributed by atoms with Gasteiger partial charge in [0, 0.05) is 31.4 Å². The van der Waals surface area contributed by atoms with Crippen LogP contribution >= 0.6 is 0 Å². The number of rotatable bonds is 8. The molecular weight excluding hydrogens is 402 g/mol. The van der Waals surface area contributed by atoms with Crippen LogP contribution in [0.4, 0.5) is 5.69 Å². The molecule has 2 amide bonds. The molecule has 0 fully saturated rings. The van der Waals surface area contributed by atoms with E-state index in [2.05, 4.69) is 5.32 Å². The van der Waals surface area contributed by atoms with E-state index in [0.29, 0.717) is 24.3 Å². The second kappa shape index (κ2) is 9.86. The zero-order chi connectivity index (χ0) is 22.5. The lowest BCUT2D eigenvalue weighted by Gasteiger charge is -2.20. The Morgan fingerprint density at radius 1 is 0.933 bits per heavy atom. The number of nitrogens with zero attached hydrogens (tertiary/aromatic N) is 2. The van der Waals surface area contributed by atoms with Crippen LogP contribution in [0.15, 0.2) is 47.4 Å². The fraction of sp³-hybridized carbons (Fsp3) is 0.364. The van der Waals surface area contributed by atoms with Crippen LogP contribution < -0.4 is 5.32 Å². The number of hydrogen-bond donors (Lipinski definition) is 1. The molecule has 0 heterocycles. The summed E-state index contributed by atoms with van der Waals surface area (Å²) in [4.78, 5) is 26.5. The summed E-state index contributed by atoms with van der Waals surface area (Å²) < 4.78 is 26.7. The van der Waals surface area contributed by atoms with Gasteiger partial charge in [-0.3, -0.25) is 9.59 Å². The molecule has 0 saturated carbocycles. The first-order chi connectivity index (χ1) is 14.1. The summed E-state index contributed by atoms with van der Waals surface area (Å²) in [6.07, 6.45) is 0. The van der Waals surface area contributed by atoms with Crippen molar-refractivity contribution in [2.75, 3.05) is 32.0 Å². The van der Waals surface area contributed by atoms with Gasteiger partial charge in [-0.2, -0.15) is 4.31 Å². The fourth-order valence-electron chi connectivity index (χ4n) is 3.12. The second-order valence-corrected chi connectivity index (χ2v) is 9.12. The number of carbonyl (C=O) groups excluding carboxylic acids is 2. The van der Waals surface area contributed by atoms with E-state index in [-0.39, 0.29) is 17.3 Å². The van der Waals surface area contributed by atoms with Gasteiger partial charge in [-0.1, -0.05) is 18.2 Å². The van der Waals surface area contributed by atoms with Gasteiger partial charge in [0.05, 0.1) is 11.4 Å². The Balaban J connectivity index is 2.12. The van der Waals surface area contributed by atoms with E-state index >= 15 is 0 Å². The second-order valence-electron chi connectivity index (χ2n) is 7.08. The standard InChI is InChI=1S/C22H29N3O4S/c1-6-25(7-2)22(27)18-11-13-19(14-12-18)30(28,29)24(5)15-20(26)23-21-16(3)9-8-10-17(21)4/h8-14H,6-7,15H2,1-5H3,(H,23,26). The largest absolute Gasteiger partial charge is 0.339 e. The van der Waals surface area contributed by atoms with Gasteiger partial charge in [-0.05, 0) is 63.1 Å². The third kappa shape index (κ3) is 5.25. The minimum Gasteiger partial charge on any atom is -0.339 e. The van der Waals surface area contributed by atoms with Crippen LogP contribution in [0.3, 0.4) is 0 Å². The van der Waals surface area contributed by atoms with Crippen LogP contribution in [-0.2, 0) is 14.8 Å². The van der Waals surface area contributed by atoms with Crippen LogP contribution in [0.25, 0.3) is 0 Å². The SMILES string of the molecule is CCN(CC)C(=O)c1ccc(S(=O)(=O)N(C)CC(=O)Nc2c(C)cccc2C)cc1. The average Bonchev–Trinajstić information content (AvgIpc) is 2.71. The quantitative estimate of drug-likeness (QED) is 0.696. The van der Waals surface area contributed by atoms with Gasteiger partial charge in [0.2, 0.25) is 15.9 Å². The van der Waals surface area contributed by atoms with Crippen molar-refractivity contribution in [1.29, 1.82) is 0 Å². The monoisotopic (exact) mass is 431 g/mol. The Bertz CT molecular complexity index is 993. The summed E-state index contributed by atoms with van der Waals surface area (Å²) in [5.41, 5.74) is 2.92. The highest BCUT2D eigenvalue weighted by atomic mass is 32.2. The first-order valence-corrected chi connectivity index (χ1v) is 11.3. The van der Waals surface area contributed by atoms with Crippen molar-refractivity contribution in [2.45, 2.75) is 32.6 Å². The van der Waals surface area contributed by atoms with Gasteiger partial charge in [-0.15, -0.1) is 0 Å². The van der Waals surface area contributed by atoms with Gasteiger partial charge >= 0.3 is 0 Å². The molecule has 0 aliphatic heterocycles. The maximum absolute atomic E-state index is 12.8. The van der Waals surface area contributed by atoms with Crippen molar-refractivity contribution in [3.8, 4) is 0 Å². The van der Waals surface area contributed by atoms with Gasteiger partial charge in [0.25, 0.3) is 5.91 Å². The molecule has 0 aromatic heterocycles. The number of carbonyl (C=O) groups is 2. The van der Waals surface area contributed by atoms with E-state index in [4.69, 9.17) is 0 Å². The molecule has 0 atom stereocenters. The first-order valence-electron chi connectivity index (χ1n) is 9.83. The summed E-state index contributed by atoms with van der Waals surface area (Å²) in [6, 6.07) is 11.4. The smallest absolute Gasteiger partial charge is 0.253 e. The number of nitrogens with one attached hydrogen (secondary N) is 1. The summed E-state index contributed by atoms with van der Waals surface area (Å²) >= 11 is 0. The van der Waals surface area contributed by atoms with Crippen LogP contribution in [0.5, 0.6) is 0 Å². The van der Waals surface area contributed by atoms with Gasteiger partial charge in [0.15, 0.2) is 0 Å². The number of amides is 2. The van der Waals surface area contributed by atoms with Crippen molar-refractivity contribution in [1.82, 2.24) is 9.21 Å². The molecule has 30 heavy (non-hydrogen) atoms. The van der Waals surface area contributed by atoms with E-state index in [1.165, 1.54) is 31.3 Å². The lowest BCUT2D eigenvalue weighted by Crippen LogP contribution is -2.35. The zero-order valence-electron chi connectivity index (χ0n) is 18.1. The van der Waals surface area contributed by atoms with Crippen LogP contribution in [0, 0.1) is 13.8 Å². The minimum atomic E-state index is -3.87. The third-order valence-electron chi connectivity index (χ3n) is 4.97. The molecule has 162 valence electrons. The Kier molecular flexibility index (Phi) is 7.75. The molecule has 0 aliphatic carbocycles. The van der Waals surface area contributed by atoms with E-state index in [1.807, 2.05) is 45.9 Å². The van der Waals surface area contributed by atoms with Crippen LogP contribution in [0.2, 0.25) is 0 Å². The maximum atomic E-state index is 12.8. The molecule has 8 heteroatoms. The highest BCUT2D eigenvalue weighted by molar-refractivity contribution is 7.89. The topological polar surface area (TPSA) is 86.8 Å². The number of sulfonamides is 1. The number of benzene rings is 2. The number of aryl methyl sites for hydroxylation is 2. The molecule has 1 N–H and O–H groups in total. The predicted octanol–water partition coefficient (Wildman–Crippen LogP) is 3.04. The van der Waals surface area contributed by atoms with E-state index in [9.17, 15) is 18.0 Å². The number of hydrogen-bond acceptors (Lipinski definition) is 4. The van der Waals surface area contributed by atoms with E-state index < -0.39 is 15.9 Å². The first kappa shape index (κ1) is 23.6. The summed E-state index contributed by atoms with van der Waals surface area (Å²) in [5, 5.41) is 2.79. The van der Waals surface area contributed by atoms with Gasteiger partial charge in [0.1, 0.15) is 0 Å². The Morgan fingerprint density at radius 3 is 1.97 bits per heavy atom. The lowest BCUT2D eigenvalue weighted by atomic mass is 10.1. The minimum absolute atomic E-state index is 0.0287. The van der Waals surface area contributed by atoms with Crippen molar-refractivity contribution >= 4 is 27.5 Å². The molecule has 0 saturated heterocycles. The summed E-state index contributed by atoms with van der Waals surface area (Å²) in [7, 11) is -2.52. The molecule has 0 bridgehead atoms. The molecule has 2 aromatic carbocycles. The van der Waals surface area contributed by atoms with Crippen molar-refractivity contribution in [2.24, 2.45) is 0 Å². The van der Waals surface area contributed by atoms with Crippen molar-refractivity contribution in [3.05, 3.63) is 59.2 Å². The zero-order valence-corrected chi connectivity index (χ0v) is 18.9. The van der Waals surface area contributed by atoms with E-state index in [1.54, 1.807) is 4.90 Å². The summed E-state index contributed by atoms with van der Waals surface area (Å²) in [5.74, 6) is -0.572. The molecule has 7 nitrogen and oxygen atoms in total. The Labute approximate surface area is 178 Å². The van der Waals surface area contributed by atoms with Gasteiger partial charge in [-0.25, -0.2) is 8.42 Å². The molecule has 0 spiro atoms.